The van der Waals surface area contributed by atoms with Gasteiger partial charge in [0, 0.05) is 24.7 Å². The fraction of sp³-hybridized carbons (Fsp3) is 0.296. The number of carbonyl (C=O) groups is 1. The van der Waals surface area contributed by atoms with Crippen molar-refractivity contribution >= 4 is 11.7 Å². The quantitative estimate of drug-likeness (QED) is 0.133. The minimum atomic E-state index is -4.68. The van der Waals surface area contributed by atoms with Gasteiger partial charge >= 0.3 is 6.18 Å². The number of alkyl halides is 3. The summed E-state index contributed by atoms with van der Waals surface area (Å²) in [4.78, 5) is 13.4. The molecular weight excluding hydrogens is 530 g/mol. The summed E-state index contributed by atoms with van der Waals surface area (Å²) in [5.74, 6) is 4.82. The average Bonchev–Trinajstić information content (AvgIpc) is 3.27. The number of amidine groups is 1. The minimum Gasteiger partial charge on any atom is -0.496 e. The molecule has 1 aromatic heterocycles. The molecule has 13 heteroatoms. The summed E-state index contributed by atoms with van der Waals surface area (Å²) in [7, 11) is 2.98. The van der Waals surface area contributed by atoms with Gasteiger partial charge < -0.3 is 20.4 Å². The van der Waals surface area contributed by atoms with Crippen LogP contribution in [-0.2, 0) is 13.0 Å². The summed E-state index contributed by atoms with van der Waals surface area (Å²) in [5.41, 5.74) is 7.65. The molecule has 0 fully saturated rings. The predicted molar refractivity (Wildman–Crippen MR) is 140 cm³/mol. The van der Waals surface area contributed by atoms with E-state index in [1.807, 2.05) is 0 Å². The van der Waals surface area contributed by atoms with Crippen molar-refractivity contribution in [3.05, 3.63) is 65.1 Å². The largest absolute Gasteiger partial charge is 0.496 e. The third-order valence-electron chi connectivity index (χ3n) is 6.50. The summed E-state index contributed by atoms with van der Waals surface area (Å²) in [6.45, 7) is 1.32. The highest BCUT2D eigenvalue weighted by atomic mass is 19.4. The number of aromatic nitrogens is 1. The van der Waals surface area contributed by atoms with Gasteiger partial charge in [0.25, 0.3) is 5.91 Å². The van der Waals surface area contributed by atoms with Crippen molar-refractivity contribution in [2.45, 2.75) is 38.0 Å². The topological polar surface area (TPSA) is 135 Å². The molecule has 1 aliphatic heterocycles. The summed E-state index contributed by atoms with van der Waals surface area (Å²) in [5, 5.41) is 16.8. The molecule has 0 saturated carbocycles. The van der Waals surface area contributed by atoms with Gasteiger partial charge in [-0.25, -0.2) is 15.4 Å². The van der Waals surface area contributed by atoms with Crippen LogP contribution in [0.4, 0.5) is 17.6 Å². The van der Waals surface area contributed by atoms with Crippen molar-refractivity contribution in [3.63, 3.8) is 0 Å². The standard InChI is InChI=1S/C27H27F4N7O2/c1-26(14-32,13-27(29,30)31)35-25(39)21-12-19(15-4-6-17(28)7-5-15)23-18-11-20(24(33)36-37(2)34)22(40-3)10-16(18)8-9-38(21)23/h4-7,10-12H,8-9,13,34H2,1-3H3,(H2,33,36)(H,35,39)/t26-/m0/s1. The van der Waals surface area contributed by atoms with Crippen molar-refractivity contribution in [1.82, 2.24) is 15.0 Å². The van der Waals surface area contributed by atoms with Crippen molar-refractivity contribution < 1.29 is 27.1 Å². The van der Waals surface area contributed by atoms with E-state index in [9.17, 15) is 27.6 Å². The first-order chi connectivity index (χ1) is 18.7. The van der Waals surface area contributed by atoms with Gasteiger partial charge in [-0.1, -0.05) is 12.1 Å². The first-order valence-electron chi connectivity index (χ1n) is 12.1. The van der Waals surface area contributed by atoms with Gasteiger partial charge in [0.15, 0.2) is 5.84 Å². The number of carbonyl (C=O) groups excluding carboxylic acids is 1. The van der Waals surface area contributed by atoms with Crippen molar-refractivity contribution in [3.8, 4) is 34.2 Å². The number of nitrogens with two attached hydrogens (primary N) is 2. The molecule has 3 aromatic rings. The lowest BCUT2D eigenvalue weighted by molar-refractivity contribution is -0.143. The van der Waals surface area contributed by atoms with Gasteiger partial charge in [-0.3, -0.25) is 4.79 Å². The predicted octanol–water partition coefficient (Wildman–Crippen LogP) is 3.92. The second kappa shape index (κ2) is 10.5. The molecule has 2 heterocycles. The van der Waals surface area contributed by atoms with Crippen LogP contribution in [-0.4, -0.2) is 47.3 Å². The molecule has 2 aromatic carbocycles. The molecule has 0 aliphatic carbocycles. The number of ether oxygens (including phenoxy) is 1. The Morgan fingerprint density at radius 3 is 2.48 bits per heavy atom. The lowest BCUT2D eigenvalue weighted by Gasteiger charge is -2.26. The molecule has 1 aliphatic rings. The number of aryl methyl sites for hydroxylation is 1. The number of nitrogens with zero attached hydrogens (tertiary/aromatic N) is 4. The van der Waals surface area contributed by atoms with Crippen LogP contribution in [0.1, 0.15) is 35.0 Å². The smallest absolute Gasteiger partial charge is 0.392 e. The van der Waals surface area contributed by atoms with E-state index in [1.165, 1.54) is 44.5 Å². The van der Waals surface area contributed by atoms with E-state index in [1.54, 1.807) is 22.8 Å². The van der Waals surface area contributed by atoms with Crippen LogP contribution >= 0.6 is 0 Å². The van der Waals surface area contributed by atoms with E-state index in [0.717, 1.165) is 17.6 Å². The molecule has 1 atom stereocenters. The Morgan fingerprint density at radius 1 is 1.23 bits per heavy atom. The molecule has 1 amide bonds. The molecule has 0 saturated heterocycles. The van der Waals surface area contributed by atoms with E-state index in [2.05, 4.69) is 10.4 Å². The van der Waals surface area contributed by atoms with Gasteiger partial charge in [-0.2, -0.15) is 18.4 Å². The van der Waals surface area contributed by atoms with E-state index < -0.39 is 29.9 Å². The van der Waals surface area contributed by atoms with Crippen LogP contribution in [0, 0.1) is 17.1 Å². The highest BCUT2D eigenvalue weighted by Crippen LogP contribution is 2.42. The number of amides is 1. The summed E-state index contributed by atoms with van der Waals surface area (Å²) < 4.78 is 60.4. The van der Waals surface area contributed by atoms with Crippen LogP contribution in [0.25, 0.3) is 22.4 Å². The number of methoxy groups -OCH3 is 1. The molecule has 0 bridgehead atoms. The Bertz CT molecular complexity index is 1520. The Hall–Kier alpha value is -4.57. The molecule has 0 unspecified atom stereocenters. The first-order valence-corrected chi connectivity index (χ1v) is 12.1. The summed E-state index contributed by atoms with van der Waals surface area (Å²) >= 11 is 0. The number of halogens is 4. The Morgan fingerprint density at radius 2 is 1.90 bits per heavy atom. The zero-order chi connectivity index (χ0) is 29.4. The number of hydrazone groups is 1. The fourth-order valence-electron chi connectivity index (χ4n) is 4.81. The van der Waals surface area contributed by atoms with Crippen molar-refractivity contribution in [1.29, 1.82) is 5.26 Å². The zero-order valence-electron chi connectivity index (χ0n) is 21.9. The molecular formula is C27H27F4N7O2. The maximum Gasteiger partial charge on any atom is 0.392 e. The molecule has 5 N–H and O–H groups in total. The molecule has 4 rings (SSSR count). The zero-order valence-corrected chi connectivity index (χ0v) is 21.9. The minimum absolute atomic E-state index is 0.0457. The third kappa shape index (κ3) is 5.72. The van der Waals surface area contributed by atoms with Crippen LogP contribution < -0.4 is 21.6 Å². The lowest BCUT2D eigenvalue weighted by Crippen LogP contribution is -2.48. The first kappa shape index (κ1) is 28.4. The van der Waals surface area contributed by atoms with E-state index >= 15 is 0 Å². The second-order valence-corrected chi connectivity index (χ2v) is 9.66. The maximum atomic E-state index is 13.8. The average molecular weight is 558 g/mol. The van der Waals surface area contributed by atoms with Gasteiger partial charge in [0.05, 0.1) is 30.9 Å². The van der Waals surface area contributed by atoms with Crippen LogP contribution in [0.5, 0.6) is 5.75 Å². The van der Waals surface area contributed by atoms with Crippen molar-refractivity contribution in [2.75, 3.05) is 14.2 Å². The van der Waals surface area contributed by atoms with Gasteiger partial charge in [-0.15, -0.1) is 5.10 Å². The number of benzene rings is 2. The molecule has 9 nitrogen and oxygen atoms in total. The van der Waals surface area contributed by atoms with E-state index in [-0.39, 0.29) is 11.5 Å². The van der Waals surface area contributed by atoms with Crippen LogP contribution in [0.2, 0.25) is 0 Å². The normalized spacial score (nSPS) is 14.4. The lowest BCUT2D eigenvalue weighted by atomic mass is 9.91. The molecule has 0 spiro atoms. The SMILES string of the molecule is COc1cc2c(cc1/C(N)=N/N(C)N)-c1c(-c3ccc(F)cc3)cc(C(=O)N[C@](C)(C#N)CC(F)(F)F)n1CC2. The highest BCUT2D eigenvalue weighted by Gasteiger charge is 2.41. The van der Waals surface area contributed by atoms with E-state index in [4.69, 9.17) is 16.3 Å². The van der Waals surface area contributed by atoms with Gasteiger partial charge in [0.2, 0.25) is 0 Å². The van der Waals surface area contributed by atoms with Gasteiger partial charge in [0.1, 0.15) is 22.8 Å². The Balaban J connectivity index is 1.92. The number of hydrazine groups is 1. The third-order valence-corrected chi connectivity index (χ3v) is 6.50. The second-order valence-electron chi connectivity index (χ2n) is 9.66. The highest BCUT2D eigenvalue weighted by molar-refractivity contribution is 6.03. The van der Waals surface area contributed by atoms with Crippen LogP contribution in [0.15, 0.2) is 47.6 Å². The Labute approximate surface area is 227 Å². The van der Waals surface area contributed by atoms with Gasteiger partial charge in [-0.05, 0) is 54.8 Å². The molecule has 210 valence electrons. The summed E-state index contributed by atoms with van der Waals surface area (Å²) in [6.07, 6.45) is -5.76. The number of nitrogens with one attached hydrogen (secondary N) is 1. The number of rotatable bonds is 7. The monoisotopic (exact) mass is 557 g/mol. The number of fused-ring (bicyclic) bond motifs is 3. The Kier molecular flexibility index (Phi) is 7.49. The number of hydrogen-bond donors (Lipinski definition) is 3. The number of nitriles is 1. The molecule has 40 heavy (non-hydrogen) atoms. The molecule has 0 radical (unpaired) electrons. The van der Waals surface area contributed by atoms with Crippen LogP contribution in [0.3, 0.4) is 0 Å². The van der Waals surface area contributed by atoms with E-state index in [0.29, 0.717) is 46.7 Å². The summed E-state index contributed by atoms with van der Waals surface area (Å²) in [6, 6.07) is 12.2. The van der Waals surface area contributed by atoms with Crippen molar-refractivity contribution in [2.24, 2.45) is 16.7 Å². The fourth-order valence-corrected chi connectivity index (χ4v) is 4.81. The number of hydrogen-bond acceptors (Lipinski definition) is 6. The maximum absolute atomic E-state index is 13.8.